The number of aromatic hydroxyl groups is 1. The van der Waals surface area contributed by atoms with E-state index in [1.807, 2.05) is 5.32 Å². The molecule has 0 bridgehead atoms. The third kappa shape index (κ3) is 4.37. The summed E-state index contributed by atoms with van der Waals surface area (Å²) in [5.41, 5.74) is 3.82. The number of hydrogen-bond acceptors (Lipinski definition) is 8. The first-order chi connectivity index (χ1) is 13.1. The second-order valence-electron chi connectivity index (χ2n) is 5.21. The number of H-pyrrole nitrogens is 1. The second kappa shape index (κ2) is 8.22. The zero-order valence-electron chi connectivity index (χ0n) is 14.2. The predicted molar refractivity (Wildman–Crippen MR) is 97.2 cm³/mol. The van der Waals surface area contributed by atoms with Crippen molar-refractivity contribution in [3.63, 3.8) is 0 Å². The van der Waals surface area contributed by atoms with E-state index in [-0.39, 0.29) is 16.4 Å². The number of anilines is 1. The van der Waals surface area contributed by atoms with Gasteiger partial charge in [0.15, 0.2) is 10.7 Å². The number of halogens is 3. The van der Waals surface area contributed by atoms with Gasteiger partial charge in [0.2, 0.25) is 5.88 Å². The first kappa shape index (κ1) is 21.1. The van der Waals surface area contributed by atoms with Crippen LogP contribution in [0.25, 0.3) is 5.70 Å². The summed E-state index contributed by atoms with van der Waals surface area (Å²) in [4.78, 5) is 30.1. The number of aromatic nitrogens is 2. The molecule has 2 rings (SSSR count). The van der Waals surface area contributed by atoms with Crippen molar-refractivity contribution in [2.24, 2.45) is 11.6 Å². The van der Waals surface area contributed by atoms with Crippen LogP contribution in [-0.2, 0) is 6.18 Å². The van der Waals surface area contributed by atoms with E-state index in [1.165, 1.54) is 6.07 Å². The van der Waals surface area contributed by atoms with Gasteiger partial charge >= 0.3 is 6.18 Å². The first-order valence-corrected chi connectivity index (χ1v) is 8.63. The molecule has 0 aliphatic rings. The van der Waals surface area contributed by atoms with Crippen molar-refractivity contribution < 1.29 is 23.1 Å². The quantitative estimate of drug-likeness (QED) is 0.183. The molecule has 1 amide bonds. The highest BCUT2D eigenvalue weighted by Gasteiger charge is 2.35. The fraction of sp³-hybridized carbons (Fsp3) is 0.133. The molecule has 1 aromatic carbocycles. The summed E-state index contributed by atoms with van der Waals surface area (Å²) in [7, 11) is 0. The molecule has 28 heavy (non-hydrogen) atoms. The topological polar surface area (TPSA) is 159 Å². The molecule has 150 valence electrons. The maximum Gasteiger partial charge on any atom is 0.418 e. The molecule has 0 atom stereocenters. The molecule has 0 unspecified atom stereocenters. The number of carbonyl (C=O) groups is 1. The number of hydrogen-bond donors (Lipinski definition) is 6. The van der Waals surface area contributed by atoms with Crippen molar-refractivity contribution in [1.29, 1.82) is 0 Å². The Bertz CT molecular complexity index is 990. The molecule has 0 aliphatic carbocycles. The molecule has 0 spiro atoms. The minimum Gasteiger partial charge on any atom is -0.493 e. The highest BCUT2D eigenvalue weighted by molar-refractivity contribution is 7.98. The summed E-state index contributed by atoms with van der Waals surface area (Å²) in [5, 5.41) is 11.8. The molecular formula is C15H15F3N6O3S. The Morgan fingerprint density at radius 3 is 2.57 bits per heavy atom. The Hall–Kier alpha value is -3.19. The molecule has 0 fully saturated rings. The van der Waals surface area contributed by atoms with Crippen LogP contribution >= 0.6 is 11.8 Å². The third-order valence-corrected chi connectivity index (χ3v) is 4.09. The zero-order chi connectivity index (χ0) is 21.1. The van der Waals surface area contributed by atoms with E-state index in [9.17, 15) is 27.9 Å². The predicted octanol–water partition coefficient (Wildman–Crippen LogP) is 1.19. The lowest BCUT2D eigenvalue weighted by Gasteiger charge is -2.16. The second-order valence-corrected chi connectivity index (χ2v) is 6.01. The number of nitrogens with two attached hydrogens (primary N) is 2. The zero-order valence-corrected chi connectivity index (χ0v) is 15.0. The molecular weight excluding hydrogens is 401 g/mol. The van der Waals surface area contributed by atoms with Crippen molar-refractivity contribution >= 4 is 29.1 Å². The largest absolute Gasteiger partial charge is 0.493 e. The molecule has 0 aliphatic heterocycles. The third-order valence-electron chi connectivity index (χ3n) is 3.51. The normalized spacial score (nSPS) is 12.0. The van der Waals surface area contributed by atoms with Crippen LogP contribution in [0.5, 0.6) is 5.88 Å². The minimum atomic E-state index is -4.84. The minimum absolute atomic E-state index is 0.0157. The van der Waals surface area contributed by atoms with Gasteiger partial charge in [0.05, 0.1) is 16.9 Å². The lowest BCUT2D eigenvalue weighted by Crippen LogP contribution is -2.26. The number of rotatable bonds is 5. The van der Waals surface area contributed by atoms with Crippen molar-refractivity contribution in [1.82, 2.24) is 15.4 Å². The van der Waals surface area contributed by atoms with Crippen molar-refractivity contribution in [3.8, 4) is 5.88 Å². The van der Waals surface area contributed by atoms with Gasteiger partial charge < -0.3 is 26.6 Å². The summed E-state index contributed by atoms with van der Waals surface area (Å²) in [6.45, 7) is 0. The van der Waals surface area contributed by atoms with Gasteiger partial charge in [0, 0.05) is 11.8 Å². The maximum atomic E-state index is 13.4. The number of benzene rings is 1. The number of aromatic amines is 1. The average molecular weight is 416 g/mol. The Labute approximate surface area is 160 Å². The Kier molecular flexibility index (Phi) is 6.20. The number of alkyl halides is 3. The molecule has 8 N–H and O–H groups in total. The van der Waals surface area contributed by atoms with Crippen LogP contribution in [0.4, 0.5) is 18.9 Å². The van der Waals surface area contributed by atoms with Crippen LogP contribution in [0.2, 0.25) is 0 Å². The molecule has 13 heteroatoms. The van der Waals surface area contributed by atoms with E-state index in [0.29, 0.717) is 6.07 Å². The van der Waals surface area contributed by atoms with Gasteiger partial charge in [-0.15, -0.1) is 0 Å². The summed E-state index contributed by atoms with van der Waals surface area (Å²) in [6.07, 6.45) is -2.30. The van der Waals surface area contributed by atoms with Crippen molar-refractivity contribution in [3.05, 3.63) is 51.4 Å². The number of amides is 1. The van der Waals surface area contributed by atoms with Gasteiger partial charge in [-0.05, 0) is 18.4 Å². The van der Waals surface area contributed by atoms with Gasteiger partial charge in [-0.3, -0.25) is 15.4 Å². The molecule has 0 saturated heterocycles. The van der Waals surface area contributed by atoms with E-state index in [1.54, 1.807) is 6.26 Å². The fourth-order valence-electron chi connectivity index (χ4n) is 2.21. The van der Waals surface area contributed by atoms with Gasteiger partial charge in [0.1, 0.15) is 0 Å². The van der Waals surface area contributed by atoms with E-state index >= 15 is 0 Å². The monoisotopic (exact) mass is 416 g/mol. The van der Waals surface area contributed by atoms with E-state index in [4.69, 9.17) is 11.6 Å². The summed E-state index contributed by atoms with van der Waals surface area (Å²) in [5.74, 6) is 3.04. The highest BCUT2D eigenvalue weighted by atomic mass is 32.2. The van der Waals surface area contributed by atoms with Gasteiger partial charge in [-0.2, -0.15) is 18.2 Å². The number of carbonyl (C=O) groups excluding carboxylic acids is 1. The van der Waals surface area contributed by atoms with Gasteiger partial charge in [-0.25, -0.2) is 0 Å². The summed E-state index contributed by atoms with van der Waals surface area (Å²) in [6, 6.07) is 2.90. The van der Waals surface area contributed by atoms with E-state index in [0.717, 1.165) is 24.0 Å². The number of nitrogens with one attached hydrogen (secondary N) is 3. The maximum absolute atomic E-state index is 13.4. The van der Waals surface area contributed by atoms with Gasteiger partial charge in [0.25, 0.3) is 11.5 Å². The Morgan fingerprint density at radius 1 is 1.39 bits per heavy atom. The van der Waals surface area contributed by atoms with Crippen LogP contribution in [0.15, 0.2) is 34.4 Å². The van der Waals surface area contributed by atoms with Crippen LogP contribution in [0.3, 0.4) is 0 Å². The lowest BCUT2D eigenvalue weighted by atomic mass is 10.1. The number of nitrogens with zero attached hydrogens (tertiary/aromatic N) is 1. The fourth-order valence-corrected chi connectivity index (χ4v) is 2.58. The highest BCUT2D eigenvalue weighted by Crippen LogP contribution is 2.36. The average Bonchev–Trinajstić information content (AvgIpc) is 2.62. The van der Waals surface area contributed by atoms with E-state index in [2.05, 4.69) is 15.4 Å². The SMILES string of the molecule is CSc1nc(O)c(C(=O)Nc2ccc(/C(=C/N)NN)cc2C(F)(F)F)c(=O)[nH]1. The first-order valence-electron chi connectivity index (χ1n) is 7.41. The van der Waals surface area contributed by atoms with Crippen LogP contribution in [-0.4, -0.2) is 27.2 Å². The summed E-state index contributed by atoms with van der Waals surface area (Å²) < 4.78 is 40.3. The number of thioether (sulfide) groups is 1. The van der Waals surface area contributed by atoms with E-state index < -0.39 is 40.3 Å². The van der Waals surface area contributed by atoms with Crippen LogP contribution in [0, 0.1) is 0 Å². The van der Waals surface area contributed by atoms with Crippen LogP contribution in [0.1, 0.15) is 21.5 Å². The van der Waals surface area contributed by atoms with Gasteiger partial charge in [-0.1, -0.05) is 17.8 Å². The molecule has 0 saturated carbocycles. The molecule has 1 aromatic heterocycles. The van der Waals surface area contributed by atoms with Crippen LogP contribution < -0.4 is 27.9 Å². The molecule has 9 nitrogen and oxygen atoms in total. The molecule has 0 radical (unpaired) electrons. The standard InChI is InChI=1S/C15H15F3N6O3S/c1-28-14-22-12(26)10(13(27)23-14)11(25)21-8-3-2-6(9(5-19)24-20)4-7(8)15(16,17)18/h2-5,24H,19-20H2,1H3,(H,21,25)(H2,22,23,26,27)/b9-5-. The molecule has 2 aromatic rings. The van der Waals surface area contributed by atoms with Crippen molar-refractivity contribution in [2.45, 2.75) is 11.3 Å². The molecule has 1 heterocycles. The van der Waals surface area contributed by atoms with Crippen molar-refractivity contribution in [2.75, 3.05) is 11.6 Å². The lowest BCUT2D eigenvalue weighted by molar-refractivity contribution is -0.136. The smallest absolute Gasteiger partial charge is 0.418 e. The number of hydrazine groups is 1. The summed E-state index contributed by atoms with van der Waals surface area (Å²) >= 11 is 0.997. The Balaban J connectivity index is 2.49. The Morgan fingerprint density at radius 2 is 2.07 bits per heavy atom.